The summed E-state index contributed by atoms with van der Waals surface area (Å²) < 4.78 is 27.3. The number of carbonyl (C=O) groups excluding carboxylic acids is 1. The summed E-state index contributed by atoms with van der Waals surface area (Å²) in [6.45, 7) is 9.32. The molecule has 9 rings (SSSR count). The zero-order valence-corrected chi connectivity index (χ0v) is 36.2. The lowest BCUT2D eigenvalue weighted by Crippen LogP contribution is -2.70. The lowest BCUT2D eigenvalue weighted by molar-refractivity contribution is -0.258. The molecule has 0 bridgehead atoms. The van der Waals surface area contributed by atoms with E-state index in [9.17, 15) is 10.2 Å². The minimum atomic E-state index is -1.32. The standard InChI is InChI=1S/C51H65N3O8/c1-2-28-60-51-46(54(50(57)36-19-20-36)34-38-15-11-14-35-12-3-4-16-40(35)38)33-44(52-62-47-18-7-10-29-59-47)42-31-37(13-5-8-26-55)41(17-6-9-27-56)48(49(42)51)43-32-39(21-22-45(43)61-51)58-30-25-53-23-24-53/h2-4,11-12,14-16,21-22,31-32,36-37,41,46-49,55-56H,1,5-10,13,17-20,23-30,33-34H2. The van der Waals surface area contributed by atoms with Gasteiger partial charge in [-0.2, -0.15) is 0 Å². The van der Waals surface area contributed by atoms with Crippen molar-refractivity contribution in [2.45, 2.75) is 108 Å². The van der Waals surface area contributed by atoms with E-state index >= 15 is 4.79 Å². The number of benzene rings is 3. The van der Waals surface area contributed by atoms with Crippen LogP contribution >= 0.6 is 0 Å². The molecular formula is C51H65N3O8. The number of oxime groups is 1. The van der Waals surface area contributed by atoms with Gasteiger partial charge < -0.3 is 38.9 Å². The largest absolute Gasteiger partial charge is 0.492 e. The van der Waals surface area contributed by atoms with Gasteiger partial charge in [0.25, 0.3) is 0 Å². The number of hydrogen-bond donors (Lipinski definition) is 2. The van der Waals surface area contributed by atoms with E-state index in [0.717, 1.165) is 129 Å². The van der Waals surface area contributed by atoms with Gasteiger partial charge in [0.05, 0.1) is 24.8 Å². The molecule has 11 nitrogen and oxygen atoms in total. The summed E-state index contributed by atoms with van der Waals surface area (Å²) in [5, 5.41) is 27.3. The molecule has 3 aromatic carbocycles. The number of amides is 1. The fourth-order valence-electron chi connectivity index (χ4n) is 10.8. The number of fused-ring (bicyclic) bond motifs is 3. The summed E-state index contributed by atoms with van der Waals surface area (Å²) in [6, 6.07) is 20.4. The smallest absolute Gasteiger partial charge is 0.239 e. The summed E-state index contributed by atoms with van der Waals surface area (Å²) in [4.78, 5) is 25.9. The number of rotatable bonds is 21. The second-order valence-corrected chi connectivity index (χ2v) is 18.2. The number of aliphatic hydroxyl groups is 2. The third-order valence-electron chi connectivity index (χ3n) is 14.1. The minimum Gasteiger partial charge on any atom is -0.492 e. The maximum atomic E-state index is 15.1. The van der Waals surface area contributed by atoms with E-state index in [1.54, 1.807) is 6.08 Å². The van der Waals surface area contributed by atoms with Gasteiger partial charge in [-0.05, 0) is 103 Å². The molecule has 3 aliphatic carbocycles. The molecule has 7 unspecified atom stereocenters. The first-order chi connectivity index (χ1) is 30.5. The minimum absolute atomic E-state index is 0.0718. The fraction of sp³-hybridized carbons (Fsp3) is 0.569. The van der Waals surface area contributed by atoms with Gasteiger partial charge in [0.15, 0.2) is 0 Å². The Morgan fingerprint density at radius 3 is 2.58 bits per heavy atom. The van der Waals surface area contributed by atoms with E-state index in [1.165, 1.54) is 0 Å². The third kappa shape index (κ3) is 9.20. The highest BCUT2D eigenvalue weighted by atomic mass is 16.8. The van der Waals surface area contributed by atoms with Crippen LogP contribution in [0.5, 0.6) is 11.5 Å². The van der Waals surface area contributed by atoms with Crippen LogP contribution < -0.4 is 9.47 Å². The Morgan fingerprint density at radius 2 is 1.81 bits per heavy atom. The first kappa shape index (κ1) is 43.0. The van der Waals surface area contributed by atoms with Crippen LogP contribution in [0.4, 0.5) is 0 Å². The number of ether oxygens (including phenoxy) is 4. The molecule has 0 spiro atoms. The van der Waals surface area contributed by atoms with E-state index < -0.39 is 18.1 Å². The number of unbranched alkanes of at least 4 members (excludes halogenated alkanes) is 2. The molecule has 7 atom stereocenters. The summed E-state index contributed by atoms with van der Waals surface area (Å²) in [5.74, 6) is 0.0129. The third-order valence-corrected chi connectivity index (χ3v) is 14.1. The molecular weight excluding hydrogens is 783 g/mol. The van der Waals surface area contributed by atoms with Gasteiger partial charge in [-0.25, -0.2) is 0 Å². The van der Waals surface area contributed by atoms with Crippen molar-refractivity contribution in [2.24, 2.45) is 28.8 Å². The van der Waals surface area contributed by atoms with Crippen molar-refractivity contribution in [2.75, 3.05) is 52.7 Å². The van der Waals surface area contributed by atoms with Gasteiger partial charge >= 0.3 is 0 Å². The molecule has 11 heteroatoms. The number of allylic oxidation sites excluding steroid dienone is 1. The van der Waals surface area contributed by atoms with E-state index in [1.807, 2.05) is 12.1 Å². The molecule has 2 N–H and O–H groups in total. The number of carbonyl (C=O) groups is 1. The molecule has 3 aliphatic heterocycles. The summed E-state index contributed by atoms with van der Waals surface area (Å²) >= 11 is 0. The van der Waals surface area contributed by atoms with Gasteiger partial charge in [0.2, 0.25) is 18.0 Å². The van der Waals surface area contributed by atoms with Crippen molar-refractivity contribution < 1.29 is 38.8 Å². The van der Waals surface area contributed by atoms with Crippen LogP contribution in [0.2, 0.25) is 0 Å². The average molecular weight is 848 g/mol. The quantitative estimate of drug-likeness (QED) is 0.0474. The zero-order valence-electron chi connectivity index (χ0n) is 36.2. The molecule has 2 saturated heterocycles. The lowest BCUT2D eigenvalue weighted by atomic mass is 9.55. The molecule has 1 amide bonds. The predicted molar refractivity (Wildman–Crippen MR) is 239 cm³/mol. The number of aliphatic hydroxyl groups excluding tert-OH is 2. The highest BCUT2D eigenvalue weighted by Gasteiger charge is 2.66. The highest BCUT2D eigenvalue weighted by Crippen LogP contribution is 2.62. The van der Waals surface area contributed by atoms with Crippen LogP contribution in [0.25, 0.3) is 10.8 Å². The Kier molecular flexibility index (Phi) is 13.6. The van der Waals surface area contributed by atoms with Gasteiger partial charge in [0.1, 0.15) is 24.1 Å². The zero-order chi connectivity index (χ0) is 42.5. The topological polar surface area (TPSA) is 122 Å². The number of nitrogens with zero attached hydrogens (tertiary/aromatic N) is 3. The van der Waals surface area contributed by atoms with Crippen LogP contribution in [0.3, 0.4) is 0 Å². The van der Waals surface area contributed by atoms with Crippen LogP contribution in [0, 0.1) is 23.7 Å². The van der Waals surface area contributed by atoms with Crippen molar-refractivity contribution in [3.8, 4) is 11.5 Å². The van der Waals surface area contributed by atoms with Crippen molar-refractivity contribution >= 4 is 22.4 Å². The Bertz CT molecular complexity index is 2090. The molecule has 0 aromatic heterocycles. The van der Waals surface area contributed by atoms with Gasteiger partial charge in [0, 0.05) is 69.6 Å². The SMILES string of the molecule is C=CCOC12Oc3ccc(OCCN4CC4)cc3C3C(CCCCO)C(CCCCO)C=C(C(=NOC4CCCCO4)CC1N(Cc1cccc4ccccc14)C(=O)C1CC1)C32. The summed E-state index contributed by atoms with van der Waals surface area (Å²) in [7, 11) is 0. The van der Waals surface area contributed by atoms with E-state index in [4.69, 9.17) is 28.9 Å². The Balaban J connectivity index is 1.23. The average Bonchev–Trinajstić information content (AvgIpc) is 4.25. The Labute approximate surface area is 366 Å². The summed E-state index contributed by atoms with van der Waals surface area (Å²) in [5.41, 5.74) is 3.95. The molecule has 2 saturated carbocycles. The maximum Gasteiger partial charge on any atom is 0.239 e. The summed E-state index contributed by atoms with van der Waals surface area (Å²) in [6.07, 6.45) is 13.5. The molecule has 3 aromatic rings. The normalized spacial score (nSPS) is 28.4. The highest BCUT2D eigenvalue weighted by molar-refractivity contribution is 6.03. The first-order valence-electron chi connectivity index (χ1n) is 23.5. The lowest BCUT2D eigenvalue weighted by Gasteiger charge is -2.60. The second kappa shape index (κ2) is 19.6. The molecule has 3 heterocycles. The first-order valence-corrected chi connectivity index (χ1v) is 23.5. The molecule has 4 fully saturated rings. The van der Waals surface area contributed by atoms with Crippen LogP contribution in [0.1, 0.15) is 94.1 Å². The Morgan fingerprint density at radius 1 is 0.984 bits per heavy atom. The molecule has 332 valence electrons. The van der Waals surface area contributed by atoms with E-state index in [-0.39, 0.29) is 55.3 Å². The second-order valence-electron chi connectivity index (χ2n) is 18.2. The van der Waals surface area contributed by atoms with Crippen molar-refractivity contribution in [1.29, 1.82) is 0 Å². The van der Waals surface area contributed by atoms with Crippen molar-refractivity contribution in [3.63, 3.8) is 0 Å². The van der Waals surface area contributed by atoms with E-state index in [0.29, 0.717) is 32.6 Å². The van der Waals surface area contributed by atoms with Gasteiger partial charge in [-0.15, -0.1) is 6.58 Å². The number of hydrogen-bond acceptors (Lipinski definition) is 10. The van der Waals surface area contributed by atoms with Gasteiger partial charge in [-0.3, -0.25) is 9.69 Å². The van der Waals surface area contributed by atoms with Crippen molar-refractivity contribution in [1.82, 2.24) is 9.80 Å². The van der Waals surface area contributed by atoms with Gasteiger partial charge in [-0.1, -0.05) is 72.6 Å². The molecule has 0 radical (unpaired) electrons. The van der Waals surface area contributed by atoms with Crippen LogP contribution in [-0.2, 0) is 25.7 Å². The fourth-order valence-corrected chi connectivity index (χ4v) is 10.8. The van der Waals surface area contributed by atoms with Crippen LogP contribution in [-0.4, -0.2) is 102 Å². The maximum absolute atomic E-state index is 15.1. The Hall–Kier alpha value is -4.26. The van der Waals surface area contributed by atoms with E-state index in [2.05, 4.69) is 71.0 Å². The molecule has 6 aliphatic rings. The monoisotopic (exact) mass is 847 g/mol. The molecule has 62 heavy (non-hydrogen) atoms. The van der Waals surface area contributed by atoms with Crippen molar-refractivity contribution in [3.05, 3.63) is 96.1 Å². The predicted octanol–water partition coefficient (Wildman–Crippen LogP) is 8.13. The van der Waals surface area contributed by atoms with Crippen LogP contribution in [0.15, 0.2) is 90.1 Å².